The van der Waals surface area contributed by atoms with Crippen molar-refractivity contribution >= 4 is 17.5 Å². The lowest BCUT2D eigenvalue weighted by molar-refractivity contribution is -0.137. The minimum Gasteiger partial charge on any atom is -0.460 e. The molecule has 1 N–H and O–H groups in total. The first-order valence-electron chi connectivity index (χ1n) is 8.44. The van der Waals surface area contributed by atoms with Crippen molar-refractivity contribution in [2.24, 2.45) is 0 Å². The fraction of sp³-hybridized carbons (Fsp3) is 0.389. The Morgan fingerprint density at radius 1 is 1.11 bits per heavy atom. The molecule has 1 aliphatic rings. The Labute approximate surface area is 158 Å². The molecule has 0 unspecified atom stereocenters. The Balaban J connectivity index is 1.55. The Bertz CT molecular complexity index is 791. The summed E-state index contributed by atoms with van der Waals surface area (Å²) < 4.78 is 44.8. The van der Waals surface area contributed by atoms with Crippen LogP contribution in [0.3, 0.4) is 0 Å². The van der Waals surface area contributed by atoms with Crippen LogP contribution in [0.15, 0.2) is 36.7 Å². The highest BCUT2D eigenvalue weighted by Gasteiger charge is 2.35. The normalized spacial score (nSPS) is 20.1. The predicted molar refractivity (Wildman–Crippen MR) is 92.6 cm³/mol. The van der Waals surface area contributed by atoms with Crippen LogP contribution in [0.25, 0.3) is 0 Å². The smallest absolute Gasteiger partial charge is 0.417 e. The minimum atomic E-state index is -4.57. The summed E-state index contributed by atoms with van der Waals surface area (Å²) in [5, 5.41) is 3.11. The Kier molecular flexibility index (Phi) is 5.84. The number of carbonyl (C=O) groups is 1. The molecule has 0 saturated heterocycles. The molecule has 144 valence electrons. The summed E-state index contributed by atoms with van der Waals surface area (Å²) in [6, 6.07) is 4.80. The number of benzene rings is 1. The van der Waals surface area contributed by atoms with Gasteiger partial charge in [-0.15, -0.1) is 0 Å². The molecule has 1 saturated carbocycles. The number of hydrogen-bond donors (Lipinski definition) is 1. The maximum Gasteiger partial charge on any atom is 0.417 e. The van der Waals surface area contributed by atoms with Crippen molar-refractivity contribution in [3.8, 4) is 6.01 Å². The molecule has 2 aromatic rings. The molecular weight excluding hydrogens is 383 g/mol. The number of hydrogen-bond acceptors (Lipinski definition) is 4. The van der Waals surface area contributed by atoms with Crippen LogP contribution in [0.2, 0.25) is 5.02 Å². The van der Waals surface area contributed by atoms with E-state index in [4.69, 9.17) is 16.3 Å². The summed E-state index contributed by atoms with van der Waals surface area (Å²) in [6.07, 6.45) is 0.660. The average molecular weight is 400 g/mol. The Morgan fingerprint density at radius 2 is 1.74 bits per heavy atom. The van der Waals surface area contributed by atoms with Gasteiger partial charge in [0.25, 0.3) is 5.91 Å². The predicted octanol–water partition coefficient (Wildman–Crippen LogP) is 4.27. The van der Waals surface area contributed by atoms with E-state index in [2.05, 4.69) is 15.3 Å². The van der Waals surface area contributed by atoms with E-state index in [1.165, 1.54) is 30.6 Å². The van der Waals surface area contributed by atoms with E-state index in [9.17, 15) is 18.0 Å². The topological polar surface area (TPSA) is 64.1 Å². The van der Waals surface area contributed by atoms with Crippen molar-refractivity contribution in [1.82, 2.24) is 15.3 Å². The maximum atomic E-state index is 13.1. The number of halogens is 4. The van der Waals surface area contributed by atoms with E-state index >= 15 is 0 Å². The summed E-state index contributed by atoms with van der Waals surface area (Å²) in [6.45, 7) is 0. The molecule has 0 atom stereocenters. The lowest BCUT2D eigenvalue weighted by atomic mass is 9.92. The van der Waals surface area contributed by atoms with Crippen LogP contribution in [0.4, 0.5) is 13.2 Å². The molecule has 0 spiro atoms. The standard InChI is InChI=1S/C18H17ClF3N3O2/c19-11-9-23-17(24-10-11)27-13-7-5-12(6-8-13)25-16(26)14-3-1-2-4-15(14)18(20,21)22/h1-4,9-10,12-13H,5-8H2,(H,25,26). The van der Waals surface area contributed by atoms with Gasteiger partial charge in [0, 0.05) is 6.04 Å². The third-order valence-electron chi connectivity index (χ3n) is 4.36. The van der Waals surface area contributed by atoms with Crippen molar-refractivity contribution in [3.63, 3.8) is 0 Å². The first-order valence-corrected chi connectivity index (χ1v) is 8.82. The summed E-state index contributed by atoms with van der Waals surface area (Å²) in [4.78, 5) is 20.3. The van der Waals surface area contributed by atoms with E-state index in [-0.39, 0.29) is 23.7 Å². The summed E-state index contributed by atoms with van der Waals surface area (Å²) >= 11 is 5.72. The molecule has 0 aliphatic heterocycles. The fourth-order valence-electron chi connectivity index (χ4n) is 3.03. The first-order chi connectivity index (χ1) is 12.8. The highest BCUT2D eigenvalue weighted by atomic mass is 35.5. The number of nitrogens with zero attached hydrogens (tertiary/aromatic N) is 2. The van der Waals surface area contributed by atoms with E-state index < -0.39 is 17.6 Å². The van der Waals surface area contributed by atoms with Crippen LogP contribution in [-0.4, -0.2) is 28.0 Å². The molecule has 1 aliphatic carbocycles. The number of amides is 1. The molecule has 27 heavy (non-hydrogen) atoms. The number of nitrogens with one attached hydrogen (secondary N) is 1. The number of ether oxygens (including phenoxy) is 1. The van der Waals surface area contributed by atoms with E-state index in [0.717, 1.165) is 6.07 Å². The monoisotopic (exact) mass is 399 g/mol. The van der Waals surface area contributed by atoms with Crippen molar-refractivity contribution < 1.29 is 22.7 Å². The van der Waals surface area contributed by atoms with Gasteiger partial charge in [0.05, 0.1) is 28.5 Å². The third-order valence-corrected chi connectivity index (χ3v) is 4.55. The zero-order valence-corrected chi connectivity index (χ0v) is 14.9. The van der Waals surface area contributed by atoms with Gasteiger partial charge >= 0.3 is 12.2 Å². The van der Waals surface area contributed by atoms with Crippen LogP contribution >= 0.6 is 11.6 Å². The van der Waals surface area contributed by atoms with Crippen molar-refractivity contribution in [1.29, 1.82) is 0 Å². The van der Waals surface area contributed by atoms with Gasteiger partial charge in [-0.1, -0.05) is 23.7 Å². The SMILES string of the molecule is O=C(NC1CCC(Oc2ncc(Cl)cn2)CC1)c1ccccc1C(F)(F)F. The Morgan fingerprint density at radius 3 is 2.37 bits per heavy atom. The van der Waals surface area contributed by atoms with E-state index in [1.54, 1.807) is 0 Å². The molecular formula is C18H17ClF3N3O2. The second kappa shape index (κ2) is 8.12. The number of aromatic nitrogens is 2. The van der Waals surface area contributed by atoms with Crippen molar-refractivity contribution in [2.75, 3.05) is 0 Å². The van der Waals surface area contributed by atoms with Gasteiger partial charge in [-0.05, 0) is 37.8 Å². The second-order valence-corrected chi connectivity index (χ2v) is 6.73. The Hall–Kier alpha value is -2.35. The fourth-order valence-corrected chi connectivity index (χ4v) is 3.12. The van der Waals surface area contributed by atoms with Crippen LogP contribution in [0.1, 0.15) is 41.6 Å². The van der Waals surface area contributed by atoms with Crippen LogP contribution < -0.4 is 10.1 Å². The maximum absolute atomic E-state index is 13.1. The zero-order chi connectivity index (χ0) is 19.4. The van der Waals surface area contributed by atoms with Crippen LogP contribution in [0.5, 0.6) is 6.01 Å². The second-order valence-electron chi connectivity index (χ2n) is 6.29. The van der Waals surface area contributed by atoms with Gasteiger partial charge < -0.3 is 10.1 Å². The highest BCUT2D eigenvalue weighted by molar-refractivity contribution is 6.30. The molecule has 3 rings (SSSR count). The van der Waals surface area contributed by atoms with Gasteiger partial charge in [-0.25, -0.2) is 9.97 Å². The van der Waals surface area contributed by atoms with Gasteiger partial charge in [0.15, 0.2) is 0 Å². The van der Waals surface area contributed by atoms with Gasteiger partial charge in [-0.3, -0.25) is 4.79 Å². The lowest BCUT2D eigenvalue weighted by Crippen LogP contribution is -2.40. The van der Waals surface area contributed by atoms with Gasteiger partial charge in [0.2, 0.25) is 0 Å². The molecule has 9 heteroatoms. The summed E-state index contributed by atoms with van der Waals surface area (Å²) in [7, 11) is 0. The van der Waals surface area contributed by atoms with E-state index in [0.29, 0.717) is 30.7 Å². The molecule has 0 radical (unpaired) electrons. The molecule has 1 heterocycles. The molecule has 0 bridgehead atoms. The van der Waals surface area contributed by atoms with Crippen LogP contribution in [-0.2, 0) is 6.18 Å². The molecule has 1 fully saturated rings. The van der Waals surface area contributed by atoms with Crippen molar-refractivity contribution in [2.45, 2.75) is 44.0 Å². The van der Waals surface area contributed by atoms with E-state index in [1.807, 2.05) is 0 Å². The number of rotatable bonds is 4. The quantitative estimate of drug-likeness (QED) is 0.834. The van der Waals surface area contributed by atoms with Crippen molar-refractivity contribution in [3.05, 3.63) is 52.8 Å². The number of carbonyl (C=O) groups excluding carboxylic acids is 1. The first kappa shape index (κ1) is 19.4. The molecule has 1 aromatic heterocycles. The molecule has 1 amide bonds. The van der Waals surface area contributed by atoms with Gasteiger partial charge in [0.1, 0.15) is 6.10 Å². The van der Waals surface area contributed by atoms with Crippen LogP contribution in [0, 0.1) is 0 Å². The zero-order valence-electron chi connectivity index (χ0n) is 14.2. The summed E-state index contributed by atoms with van der Waals surface area (Å²) in [5.74, 6) is -0.715. The highest BCUT2D eigenvalue weighted by Crippen LogP contribution is 2.32. The third kappa shape index (κ3) is 5.09. The molecule has 1 aromatic carbocycles. The summed E-state index contributed by atoms with van der Waals surface area (Å²) in [5.41, 5.74) is -1.29. The minimum absolute atomic E-state index is 0.109. The average Bonchev–Trinajstić information content (AvgIpc) is 2.64. The number of alkyl halides is 3. The largest absolute Gasteiger partial charge is 0.460 e. The molecule has 5 nitrogen and oxygen atoms in total. The lowest BCUT2D eigenvalue weighted by Gasteiger charge is -2.29. The van der Waals surface area contributed by atoms with Gasteiger partial charge in [-0.2, -0.15) is 13.2 Å².